The highest BCUT2D eigenvalue weighted by Gasteiger charge is 2.75. The first-order valence-corrected chi connectivity index (χ1v) is 13.2. The second-order valence-electron chi connectivity index (χ2n) is 11.8. The van der Waals surface area contributed by atoms with Gasteiger partial charge in [0.15, 0.2) is 0 Å². The molecule has 37 heavy (non-hydrogen) atoms. The number of aromatic nitrogens is 1. The van der Waals surface area contributed by atoms with E-state index < -0.39 is 64.3 Å². The quantitative estimate of drug-likeness (QED) is 0.349. The summed E-state index contributed by atoms with van der Waals surface area (Å²) in [4.78, 5) is 29.0. The van der Waals surface area contributed by atoms with E-state index in [-0.39, 0.29) is 31.4 Å². The van der Waals surface area contributed by atoms with Gasteiger partial charge in [-0.3, -0.25) is 4.79 Å². The maximum absolute atomic E-state index is 12.7. The summed E-state index contributed by atoms with van der Waals surface area (Å²) in [5.74, 6) is -2.80. The average molecular weight is 516 g/mol. The highest BCUT2D eigenvalue weighted by atomic mass is 16.6. The van der Waals surface area contributed by atoms with E-state index in [9.17, 15) is 30.0 Å². The zero-order valence-electron chi connectivity index (χ0n) is 21.6. The van der Waals surface area contributed by atoms with E-state index in [2.05, 4.69) is 4.98 Å². The molecule has 0 amide bonds. The highest BCUT2D eigenvalue weighted by Crippen LogP contribution is 2.66. The molecule has 0 saturated heterocycles. The van der Waals surface area contributed by atoms with Gasteiger partial charge in [0.2, 0.25) is 0 Å². The van der Waals surface area contributed by atoms with Crippen LogP contribution in [0.25, 0.3) is 0 Å². The van der Waals surface area contributed by atoms with Crippen molar-refractivity contribution in [3.05, 3.63) is 41.7 Å². The van der Waals surface area contributed by atoms with Crippen LogP contribution < -0.4 is 0 Å². The molecular weight excluding hydrogens is 478 g/mol. The molecule has 0 aliphatic heterocycles. The minimum Gasteiger partial charge on any atom is -0.462 e. The topological polar surface area (TPSA) is 146 Å². The Morgan fingerprint density at radius 1 is 1.14 bits per heavy atom. The van der Waals surface area contributed by atoms with E-state index in [0.29, 0.717) is 19.3 Å². The summed E-state index contributed by atoms with van der Waals surface area (Å²) >= 11 is 0. The third-order valence-electron chi connectivity index (χ3n) is 9.92. The standard InChI is InChI=1S/C28H37NO8/c1-16(36-24(32)20-6-4-5-13-29-20)26(33)11-12-28(35)23(26)21(37-17(2)30)15-22-25(3)9-8-19(31)14-18(25)7-10-27(22,28)34/h4-7,13,16,19,21-23,31,33-35H,8-12,14-15H2,1-3H3/t16-,19+,21+,22+,23-,25-,26+,27-,28+/m0/s1. The number of carbonyl (C=O) groups excluding carboxylic acids is 2. The van der Waals surface area contributed by atoms with Gasteiger partial charge in [0.05, 0.1) is 12.0 Å². The van der Waals surface area contributed by atoms with E-state index in [4.69, 9.17) is 9.47 Å². The Morgan fingerprint density at radius 2 is 1.89 bits per heavy atom. The van der Waals surface area contributed by atoms with Crippen molar-refractivity contribution in [1.29, 1.82) is 0 Å². The number of hydrogen-bond acceptors (Lipinski definition) is 9. The lowest BCUT2D eigenvalue weighted by Gasteiger charge is -2.64. The Morgan fingerprint density at radius 3 is 2.57 bits per heavy atom. The number of rotatable bonds is 4. The van der Waals surface area contributed by atoms with Crippen LogP contribution in [-0.2, 0) is 14.3 Å². The molecule has 202 valence electrons. The summed E-state index contributed by atoms with van der Waals surface area (Å²) in [6.45, 7) is 4.88. The van der Waals surface area contributed by atoms with Gasteiger partial charge in [-0.1, -0.05) is 24.6 Å². The van der Waals surface area contributed by atoms with Gasteiger partial charge in [0, 0.05) is 19.0 Å². The van der Waals surface area contributed by atoms with E-state index >= 15 is 0 Å². The minimum absolute atomic E-state index is 0.0453. The van der Waals surface area contributed by atoms with Crippen LogP contribution in [0, 0.1) is 17.3 Å². The Kier molecular flexibility index (Phi) is 6.30. The van der Waals surface area contributed by atoms with Crippen molar-refractivity contribution in [2.45, 2.75) is 101 Å². The van der Waals surface area contributed by atoms with Gasteiger partial charge in [-0.25, -0.2) is 9.78 Å². The molecule has 9 heteroatoms. The first kappa shape index (κ1) is 26.3. The van der Waals surface area contributed by atoms with Gasteiger partial charge >= 0.3 is 11.9 Å². The van der Waals surface area contributed by atoms with Crippen molar-refractivity contribution >= 4 is 11.9 Å². The summed E-state index contributed by atoms with van der Waals surface area (Å²) in [6, 6.07) is 4.83. The number of aliphatic hydroxyl groups excluding tert-OH is 1. The van der Waals surface area contributed by atoms with E-state index in [1.54, 1.807) is 19.1 Å². The SMILES string of the molecule is CC(=O)O[C@@H]1C[C@@H]2[C@@]3(C)CC[C@@H](O)CC3=CC[C@@]2(O)[C@@]2(O)CC[C@@](O)([C@H](C)OC(=O)c3ccccn3)[C@H]12. The summed E-state index contributed by atoms with van der Waals surface area (Å²) in [6.07, 6.45) is 3.17. The van der Waals surface area contributed by atoms with Crippen molar-refractivity contribution in [3.63, 3.8) is 0 Å². The van der Waals surface area contributed by atoms with E-state index in [1.807, 2.05) is 13.0 Å². The molecular formula is C28H37NO8. The van der Waals surface area contributed by atoms with Crippen molar-refractivity contribution < 1.29 is 39.5 Å². The molecule has 9 nitrogen and oxygen atoms in total. The number of fused-ring (bicyclic) bond motifs is 5. The lowest BCUT2D eigenvalue weighted by Crippen LogP contribution is -2.74. The van der Waals surface area contributed by atoms with Crippen molar-refractivity contribution in [3.8, 4) is 0 Å². The first-order chi connectivity index (χ1) is 17.3. The van der Waals surface area contributed by atoms with Gasteiger partial charge in [-0.05, 0) is 69.4 Å². The van der Waals surface area contributed by atoms with Crippen LogP contribution in [0.5, 0.6) is 0 Å². The minimum atomic E-state index is -1.79. The first-order valence-electron chi connectivity index (χ1n) is 13.2. The fourth-order valence-corrected chi connectivity index (χ4v) is 8.00. The summed E-state index contributed by atoms with van der Waals surface area (Å²) in [5, 5.41) is 46.9. The third kappa shape index (κ3) is 3.85. The van der Waals surface area contributed by atoms with Crippen LogP contribution in [-0.4, -0.2) is 72.5 Å². The van der Waals surface area contributed by atoms with Gasteiger partial charge in [-0.15, -0.1) is 0 Å². The van der Waals surface area contributed by atoms with Crippen LogP contribution >= 0.6 is 0 Å². The molecule has 1 aromatic heterocycles. The van der Waals surface area contributed by atoms with Crippen molar-refractivity contribution in [2.75, 3.05) is 0 Å². The Bertz CT molecular complexity index is 1110. The monoisotopic (exact) mass is 515 g/mol. The van der Waals surface area contributed by atoms with Crippen LogP contribution in [0.3, 0.4) is 0 Å². The second-order valence-corrected chi connectivity index (χ2v) is 11.8. The number of pyridine rings is 1. The van der Waals surface area contributed by atoms with Crippen LogP contribution in [0.1, 0.15) is 76.2 Å². The number of ether oxygens (including phenoxy) is 2. The number of nitrogens with zero attached hydrogens (tertiary/aromatic N) is 1. The highest BCUT2D eigenvalue weighted by molar-refractivity contribution is 5.87. The van der Waals surface area contributed by atoms with Crippen molar-refractivity contribution in [1.82, 2.24) is 4.98 Å². The normalized spacial score (nSPS) is 43.5. The van der Waals surface area contributed by atoms with Gasteiger partial charge in [0.25, 0.3) is 0 Å². The molecule has 0 bridgehead atoms. The molecule has 3 fully saturated rings. The summed E-state index contributed by atoms with van der Waals surface area (Å²) in [5.41, 5.74) is -4.50. The molecule has 4 N–H and O–H groups in total. The molecule has 0 spiro atoms. The Hall–Kier alpha value is -2.33. The maximum Gasteiger partial charge on any atom is 0.357 e. The smallest absolute Gasteiger partial charge is 0.357 e. The largest absolute Gasteiger partial charge is 0.462 e. The van der Waals surface area contributed by atoms with Gasteiger partial charge in [0.1, 0.15) is 34.7 Å². The predicted molar refractivity (Wildman–Crippen MR) is 131 cm³/mol. The Labute approximate surface area is 216 Å². The van der Waals surface area contributed by atoms with Crippen LogP contribution in [0.15, 0.2) is 36.0 Å². The van der Waals surface area contributed by atoms with Crippen LogP contribution in [0.2, 0.25) is 0 Å². The number of esters is 2. The van der Waals surface area contributed by atoms with E-state index in [0.717, 1.165) is 5.57 Å². The molecule has 4 aliphatic rings. The molecule has 5 rings (SSSR count). The molecule has 1 aromatic rings. The second kappa shape index (κ2) is 8.86. The Balaban J connectivity index is 1.53. The molecule has 3 saturated carbocycles. The molecule has 1 heterocycles. The van der Waals surface area contributed by atoms with E-state index in [1.165, 1.54) is 19.2 Å². The molecule has 0 radical (unpaired) electrons. The lowest BCUT2D eigenvalue weighted by atomic mass is 9.46. The average Bonchev–Trinajstić information content (AvgIpc) is 3.15. The van der Waals surface area contributed by atoms with Crippen LogP contribution in [0.4, 0.5) is 0 Å². The fraction of sp³-hybridized carbons (Fsp3) is 0.679. The summed E-state index contributed by atoms with van der Waals surface area (Å²) < 4.78 is 11.4. The molecule has 9 atom stereocenters. The summed E-state index contributed by atoms with van der Waals surface area (Å²) in [7, 11) is 0. The molecule has 4 aliphatic carbocycles. The zero-order chi connectivity index (χ0) is 26.8. The zero-order valence-corrected chi connectivity index (χ0v) is 21.6. The molecule has 0 unspecified atom stereocenters. The number of hydrogen-bond donors (Lipinski definition) is 4. The molecule has 0 aromatic carbocycles. The van der Waals surface area contributed by atoms with Gasteiger partial charge in [-0.2, -0.15) is 0 Å². The third-order valence-corrected chi connectivity index (χ3v) is 9.92. The predicted octanol–water partition coefficient (Wildman–Crippen LogP) is 2.06. The maximum atomic E-state index is 12.7. The van der Waals surface area contributed by atoms with Crippen molar-refractivity contribution in [2.24, 2.45) is 17.3 Å². The lowest BCUT2D eigenvalue weighted by molar-refractivity contribution is -0.288. The number of carbonyl (C=O) groups is 2. The fourth-order valence-electron chi connectivity index (χ4n) is 8.00. The number of aliphatic hydroxyl groups is 4. The van der Waals surface area contributed by atoms with Gasteiger partial charge < -0.3 is 29.9 Å².